The van der Waals surface area contributed by atoms with Crippen LogP contribution in [0.4, 0.5) is 0 Å². The molecular formula is C15H13Cl3N2S. The number of rotatable bonds is 3. The van der Waals surface area contributed by atoms with E-state index in [1.165, 1.54) is 4.88 Å². The zero-order valence-corrected chi connectivity index (χ0v) is 14.6. The van der Waals surface area contributed by atoms with Gasteiger partial charge in [0.1, 0.15) is 5.82 Å². The van der Waals surface area contributed by atoms with Gasteiger partial charge < -0.3 is 4.57 Å². The molecule has 0 radical (unpaired) electrons. The highest BCUT2D eigenvalue weighted by Crippen LogP contribution is 2.35. The van der Waals surface area contributed by atoms with Crippen LogP contribution in [0.1, 0.15) is 36.0 Å². The molecule has 6 heteroatoms. The van der Waals surface area contributed by atoms with Gasteiger partial charge >= 0.3 is 0 Å². The summed E-state index contributed by atoms with van der Waals surface area (Å²) in [5.74, 6) is 0.825. The number of benzene rings is 1. The van der Waals surface area contributed by atoms with Crippen LogP contribution in [0.25, 0.3) is 11.0 Å². The lowest BCUT2D eigenvalue weighted by atomic mass is 10.2. The Hall–Kier alpha value is -0.740. The van der Waals surface area contributed by atoms with Gasteiger partial charge in [0, 0.05) is 4.88 Å². The Morgan fingerprint density at radius 2 is 1.90 bits per heavy atom. The lowest BCUT2D eigenvalue weighted by Crippen LogP contribution is -2.10. The van der Waals surface area contributed by atoms with Crippen LogP contribution in [-0.2, 0) is 0 Å². The van der Waals surface area contributed by atoms with Crippen LogP contribution in [0, 0.1) is 0 Å². The average Bonchev–Trinajstić information content (AvgIpc) is 3.06. The first kappa shape index (κ1) is 15.2. The molecule has 110 valence electrons. The number of alkyl halides is 1. The largest absolute Gasteiger partial charge is 0.319 e. The summed E-state index contributed by atoms with van der Waals surface area (Å²) < 4.78 is 2.14. The molecule has 3 aromatic rings. The van der Waals surface area contributed by atoms with Crippen LogP contribution in [0.2, 0.25) is 10.0 Å². The van der Waals surface area contributed by atoms with E-state index < -0.39 is 0 Å². The Balaban J connectivity index is 2.27. The maximum Gasteiger partial charge on any atom is 0.128 e. The summed E-state index contributed by atoms with van der Waals surface area (Å²) in [4.78, 5) is 5.89. The highest BCUT2D eigenvalue weighted by atomic mass is 35.5. The second-order valence-electron chi connectivity index (χ2n) is 4.90. The van der Waals surface area contributed by atoms with Crippen molar-refractivity contribution in [2.75, 3.05) is 0 Å². The lowest BCUT2D eigenvalue weighted by molar-refractivity contribution is 0.628. The van der Waals surface area contributed by atoms with Gasteiger partial charge in [0.2, 0.25) is 0 Å². The van der Waals surface area contributed by atoms with E-state index in [-0.39, 0.29) is 11.4 Å². The molecule has 2 heterocycles. The summed E-state index contributed by atoms with van der Waals surface area (Å²) >= 11 is 20.3. The molecule has 3 rings (SSSR count). The van der Waals surface area contributed by atoms with Gasteiger partial charge in [-0.1, -0.05) is 29.3 Å². The minimum absolute atomic E-state index is 0.142. The fourth-order valence-corrected chi connectivity index (χ4v) is 3.70. The van der Waals surface area contributed by atoms with Crippen LogP contribution < -0.4 is 0 Å². The summed E-state index contributed by atoms with van der Waals surface area (Å²) in [6.07, 6.45) is 0. The zero-order chi connectivity index (χ0) is 15.1. The first-order valence-corrected chi connectivity index (χ1v) is 8.60. The van der Waals surface area contributed by atoms with Crippen LogP contribution in [0.3, 0.4) is 0 Å². The topological polar surface area (TPSA) is 17.8 Å². The predicted octanol–water partition coefficient (Wildman–Crippen LogP) is 6.31. The van der Waals surface area contributed by atoms with E-state index in [0.717, 1.165) is 16.9 Å². The molecule has 0 spiro atoms. The predicted molar refractivity (Wildman–Crippen MR) is 92.2 cm³/mol. The first-order chi connectivity index (χ1) is 9.99. The highest BCUT2D eigenvalue weighted by molar-refractivity contribution is 7.10. The number of nitrogens with zero attached hydrogens (tertiary/aromatic N) is 2. The molecule has 2 unspecified atom stereocenters. The van der Waals surface area contributed by atoms with Crippen LogP contribution in [-0.4, -0.2) is 9.55 Å². The van der Waals surface area contributed by atoms with Crippen molar-refractivity contribution in [1.82, 2.24) is 9.55 Å². The van der Waals surface area contributed by atoms with E-state index in [4.69, 9.17) is 34.8 Å². The van der Waals surface area contributed by atoms with Crippen molar-refractivity contribution in [3.8, 4) is 0 Å². The van der Waals surface area contributed by atoms with Crippen molar-refractivity contribution < 1.29 is 0 Å². The molecule has 0 aliphatic carbocycles. The van der Waals surface area contributed by atoms with Crippen molar-refractivity contribution >= 4 is 57.2 Å². The molecule has 0 bridgehead atoms. The second-order valence-corrected chi connectivity index (χ2v) is 7.35. The zero-order valence-electron chi connectivity index (χ0n) is 11.5. The molecule has 0 aliphatic rings. The molecule has 0 aliphatic heterocycles. The van der Waals surface area contributed by atoms with E-state index >= 15 is 0 Å². The van der Waals surface area contributed by atoms with E-state index in [9.17, 15) is 0 Å². The molecule has 2 nitrogen and oxygen atoms in total. The van der Waals surface area contributed by atoms with Gasteiger partial charge in [-0.25, -0.2) is 4.98 Å². The van der Waals surface area contributed by atoms with E-state index in [1.54, 1.807) is 17.4 Å². The molecule has 0 fully saturated rings. The fourth-order valence-electron chi connectivity index (χ4n) is 2.45. The van der Waals surface area contributed by atoms with Gasteiger partial charge in [0.15, 0.2) is 0 Å². The van der Waals surface area contributed by atoms with E-state index in [2.05, 4.69) is 27.9 Å². The van der Waals surface area contributed by atoms with E-state index in [1.807, 2.05) is 19.1 Å². The van der Waals surface area contributed by atoms with Gasteiger partial charge in [-0.3, -0.25) is 0 Å². The Bertz CT molecular complexity index is 778. The van der Waals surface area contributed by atoms with Gasteiger partial charge in [-0.05, 0) is 37.4 Å². The third kappa shape index (κ3) is 2.68. The summed E-state index contributed by atoms with van der Waals surface area (Å²) in [7, 11) is 0. The number of thiophene rings is 1. The van der Waals surface area contributed by atoms with Crippen molar-refractivity contribution in [3.05, 3.63) is 50.4 Å². The maximum absolute atomic E-state index is 6.32. The number of hydrogen-bond donors (Lipinski definition) is 0. The Kier molecular flexibility index (Phi) is 4.19. The van der Waals surface area contributed by atoms with Gasteiger partial charge in [0.25, 0.3) is 0 Å². The molecule has 2 aromatic heterocycles. The normalized spacial score (nSPS) is 14.5. The van der Waals surface area contributed by atoms with Gasteiger partial charge in [-0.2, -0.15) is 0 Å². The molecule has 0 N–H and O–H groups in total. The number of imidazole rings is 1. The summed E-state index contributed by atoms with van der Waals surface area (Å²) in [5, 5.41) is 2.90. The Morgan fingerprint density at radius 1 is 1.19 bits per heavy atom. The van der Waals surface area contributed by atoms with Gasteiger partial charge in [-0.15, -0.1) is 22.9 Å². The smallest absolute Gasteiger partial charge is 0.128 e. The number of halogens is 3. The molecule has 2 atom stereocenters. The van der Waals surface area contributed by atoms with Gasteiger partial charge in [0.05, 0.1) is 32.5 Å². The number of fused-ring (bicyclic) bond motifs is 1. The molecule has 21 heavy (non-hydrogen) atoms. The Labute approximate surface area is 142 Å². The van der Waals surface area contributed by atoms with Crippen LogP contribution in [0.5, 0.6) is 0 Å². The molecule has 0 saturated carbocycles. The first-order valence-electron chi connectivity index (χ1n) is 6.53. The minimum Gasteiger partial charge on any atom is -0.319 e. The quantitative estimate of drug-likeness (QED) is 0.501. The molecule has 1 aromatic carbocycles. The third-order valence-corrected chi connectivity index (χ3v) is 5.42. The number of hydrogen-bond acceptors (Lipinski definition) is 2. The molecule has 0 saturated heterocycles. The van der Waals surface area contributed by atoms with Crippen molar-refractivity contribution in [1.29, 1.82) is 0 Å². The second kappa shape index (κ2) is 5.81. The highest BCUT2D eigenvalue weighted by Gasteiger charge is 2.21. The lowest BCUT2D eigenvalue weighted by Gasteiger charge is -2.17. The monoisotopic (exact) mass is 358 g/mol. The van der Waals surface area contributed by atoms with Crippen molar-refractivity contribution in [2.45, 2.75) is 25.3 Å². The summed E-state index contributed by atoms with van der Waals surface area (Å²) in [5.41, 5.74) is 1.77. The summed E-state index contributed by atoms with van der Waals surface area (Å²) in [6, 6.07) is 7.95. The third-order valence-electron chi connectivity index (χ3n) is 3.46. The van der Waals surface area contributed by atoms with Crippen LogP contribution in [0.15, 0.2) is 29.6 Å². The maximum atomic E-state index is 6.32. The average molecular weight is 360 g/mol. The SMILES string of the molecule is CC(Cl)c1nc2cc(Cl)c(Cl)cc2n1C(C)c1cccs1. The Morgan fingerprint density at radius 3 is 2.52 bits per heavy atom. The van der Waals surface area contributed by atoms with Crippen molar-refractivity contribution in [2.24, 2.45) is 0 Å². The molecule has 0 amide bonds. The van der Waals surface area contributed by atoms with E-state index in [0.29, 0.717) is 10.0 Å². The molecular weight excluding hydrogens is 347 g/mol. The summed E-state index contributed by atoms with van der Waals surface area (Å²) in [6.45, 7) is 4.06. The fraction of sp³-hybridized carbons (Fsp3) is 0.267. The van der Waals surface area contributed by atoms with Crippen molar-refractivity contribution in [3.63, 3.8) is 0 Å². The van der Waals surface area contributed by atoms with Crippen LogP contribution >= 0.6 is 46.1 Å². The minimum atomic E-state index is -0.197. The number of aromatic nitrogens is 2. The standard InChI is InChI=1S/C15H13Cl3N2S/c1-8(16)15-19-12-6-10(17)11(18)7-13(12)20(15)9(2)14-4-3-5-21-14/h3-9H,1-2H3.